The van der Waals surface area contributed by atoms with Crippen molar-refractivity contribution in [1.82, 2.24) is 9.80 Å². The Balaban J connectivity index is 0. The van der Waals surface area contributed by atoms with Crippen LogP contribution in [0.3, 0.4) is 0 Å². The molecule has 0 fully saturated rings. The molecule has 0 radical (unpaired) electrons. The summed E-state index contributed by atoms with van der Waals surface area (Å²) in [4.78, 5) is 16.8. The van der Waals surface area contributed by atoms with Crippen LogP contribution in [0.15, 0.2) is 0 Å². The molecule has 0 aromatic rings. The number of hydrogen-bond donors (Lipinski definition) is 0. The highest BCUT2D eigenvalue weighted by Gasteiger charge is 2.17. The fourth-order valence-corrected chi connectivity index (χ4v) is 3.14. The van der Waals surface area contributed by atoms with Crippen molar-refractivity contribution in [2.24, 2.45) is 0 Å². The molecule has 0 saturated carbocycles. The van der Waals surface area contributed by atoms with E-state index in [9.17, 15) is 4.79 Å². The van der Waals surface area contributed by atoms with Crippen molar-refractivity contribution in [2.45, 2.75) is 112 Å². The smallest absolute Gasteiger partial charge is 0.319 e. The summed E-state index contributed by atoms with van der Waals surface area (Å²) in [7, 11) is 0. The van der Waals surface area contributed by atoms with Crippen molar-refractivity contribution in [1.29, 1.82) is 0 Å². The molecular weight excluding hydrogens is 308 g/mol. The van der Waals surface area contributed by atoms with E-state index in [1.165, 1.54) is 64.2 Å². The zero-order valence-electron chi connectivity index (χ0n) is 17.1. The average molecular weight is 357 g/mol. The SMILES string of the molecule is C.CCCCCCCCN(CC)C(=O)N(CC)CCCCCCCC. The Hall–Kier alpha value is -0.730. The lowest BCUT2D eigenvalue weighted by molar-refractivity contribution is 0.155. The first-order valence-electron chi connectivity index (χ1n) is 10.7. The third kappa shape index (κ3) is 14.2. The van der Waals surface area contributed by atoms with E-state index >= 15 is 0 Å². The van der Waals surface area contributed by atoms with E-state index < -0.39 is 0 Å². The third-order valence-electron chi connectivity index (χ3n) is 4.87. The summed E-state index contributed by atoms with van der Waals surface area (Å²) in [6.07, 6.45) is 15.4. The fraction of sp³-hybridized carbons (Fsp3) is 0.955. The second-order valence-electron chi connectivity index (χ2n) is 6.98. The van der Waals surface area contributed by atoms with Gasteiger partial charge in [-0.3, -0.25) is 0 Å². The van der Waals surface area contributed by atoms with Gasteiger partial charge in [-0.05, 0) is 26.7 Å². The number of nitrogens with zero attached hydrogens (tertiary/aromatic N) is 2. The molecule has 152 valence electrons. The van der Waals surface area contributed by atoms with E-state index in [2.05, 4.69) is 27.7 Å². The van der Waals surface area contributed by atoms with Crippen LogP contribution >= 0.6 is 0 Å². The van der Waals surface area contributed by atoms with E-state index in [0.717, 1.165) is 39.0 Å². The molecule has 0 aromatic heterocycles. The summed E-state index contributed by atoms with van der Waals surface area (Å²) in [6, 6.07) is 0.252. The van der Waals surface area contributed by atoms with Crippen molar-refractivity contribution in [3.8, 4) is 0 Å². The maximum atomic E-state index is 12.7. The van der Waals surface area contributed by atoms with Crippen molar-refractivity contribution in [3.63, 3.8) is 0 Å². The number of rotatable bonds is 16. The summed E-state index contributed by atoms with van der Waals surface area (Å²) in [5.74, 6) is 0. The van der Waals surface area contributed by atoms with Crippen LogP contribution < -0.4 is 0 Å². The normalized spacial score (nSPS) is 10.4. The lowest BCUT2D eigenvalue weighted by Gasteiger charge is -2.29. The number of urea groups is 1. The molecule has 0 bridgehead atoms. The molecule has 0 saturated heterocycles. The minimum atomic E-state index is 0. The molecule has 25 heavy (non-hydrogen) atoms. The number of carbonyl (C=O) groups is 1. The summed E-state index contributed by atoms with van der Waals surface area (Å²) in [5.41, 5.74) is 0. The van der Waals surface area contributed by atoms with Gasteiger partial charge in [0.25, 0.3) is 0 Å². The van der Waals surface area contributed by atoms with Crippen LogP contribution in [-0.2, 0) is 0 Å². The van der Waals surface area contributed by atoms with Crippen molar-refractivity contribution >= 4 is 6.03 Å². The van der Waals surface area contributed by atoms with Crippen molar-refractivity contribution < 1.29 is 4.79 Å². The lowest BCUT2D eigenvalue weighted by Crippen LogP contribution is -2.44. The molecule has 0 heterocycles. The van der Waals surface area contributed by atoms with Gasteiger partial charge in [-0.1, -0.05) is 85.5 Å². The topological polar surface area (TPSA) is 23.6 Å². The van der Waals surface area contributed by atoms with Crippen LogP contribution in [0, 0.1) is 0 Å². The number of unbranched alkanes of at least 4 members (excludes halogenated alkanes) is 10. The highest BCUT2D eigenvalue weighted by atomic mass is 16.2. The Labute approximate surface area is 159 Å². The molecule has 2 amide bonds. The molecule has 0 spiro atoms. The minimum Gasteiger partial charge on any atom is -0.325 e. The van der Waals surface area contributed by atoms with Gasteiger partial charge in [0.15, 0.2) is 0 Å². The average Bonchev–Trinajstić information content (AvgIpc) is 2.60. The monoisotopic (exact) mass is 356 g/mol. The van der Waals surface area contributed by atoms with Gasteiger partial charge in [0.1, 0.15) is 0 Å². The molecular formula is C22H48N2O. The Morgan fingerprint density at radius 2 is 0.880 bits per heavy atom. The van der Waals surface area contributed by atoms with Gasteiger partial charge < -0.3 is 9.80 Å². The van der Waals surface area contributed by atoms with E-state index in [4.69, 9.17) is 0 Å². The van der Waals surface area contributed by atoms with Gasteiger partial charge in [0.05, 0.1) is 0 Å². The number of amides is 2. The summed E-state index contributed by atoms with van der Waals surface area (Å²) in [6.45, 7) is 12.2. The molecule has 0 rings (SSSR count). The third-order valence-corrected chi connectivity index (χ3v) is 4.87. The first-order valence-corrected chi connectivity index (χ1v) is 10.7. The van der Waals surface area contributed by atoms with E-state index in [1.54, 1.807) is 0 Å². The van der Waals surface area contributed by atoms with Crippen LogP contribution in [0.25, 0.3) is 0 Å². The first-order chi connectivity index (χ1) is 11.7. The quantitative estimate of drug-likeness (QED) is 0.270. The predicted octanol–water partition coefficient (Wildman–Crippen LogP) is 7.11. The molecule has 0 aliphatic rings. The fourth-order valence-electron chi connectivity index (χ4n) is 3.14. The van der Waals surface area contributed by atoms with Gasteiger partial charge >= 0.3 is 6.03 Å². The maximum absolute atomic E-state index is 12.7. The Morgan fingerprint density at radius 1 is 0.560 bits per heavy atom. The molecule has 0 N–H and O–H groups in total. The molecule has 3 nitrogen and oxygen atoms in total. The maximum Gasteiger partial charge on any atom is 0.319 e. The van der Waals surface area contributed by atoms with Crippen LogP contribution in [-0.4, -0.2) is 42.0 Å². The highest BCUT2D eigenvalue weighted by Crippen LogP contribution is 2.10. The van der Waals surface area contributed by atoms with E-state index in [0.29, 0.717) is 0 Å². The molecule has 0 atom stereocenters. The second kappa shape index (κ2) is 19.6. The summed E-state index contributed by atoms with van der Waals surface area (Å²) in [5, 5.41) is 0. The zero-order chi connectivity index (χ0) is 18.0. The van der Waals surface area contributed by atoms with Crippen molar-refractivity contribution in [3.05, 3.63) is 0 Å². The van der Waals surface area contributed by atoms with E-state index in [1.807, 2.05) is 9.80 Å². The standard InChI is InChI=1S/C21H44N2O.CH4/c1-5-9-11-13-15-17-19-22(7-3)21(24)23(8-4)20-18-16-14-12-10-6-2;/h5-20H2,1-4H3;1H4. The predicted molar refractivity (Wildman–Crippen MR) is 113 cm³/mol. The van der Waals surface area contributed by atoms with Gasteiger partial charge in [-0.2, -0.15) is 0 Å². The molecule has 3 heteroatoms. The minimum absolute atomic E-state index is 0. The number of carbonyl (C=O) groups excluding carboxylic acids is 1. The summed E-state index contributed by atoms with van der Waals surface area (Å²) < 4.78 is 0. The van der Waals surface area contributed by atoms with Gasteiger partial charge in [-0.25, -0.2) is 4.79 Å². The Kier molecular flexibility index (Phi) is 20.8. The molecule has 0 aromatic carbocycles. The lowest BCUT2D eigenvalue weighted by atomic mass is 10.1. The Morgan fingerprint density at radius 3 is 1.20 bits per heavy atom. The Bertz CT molecular complexity index is 255. The second-order valence-corrected chi connectivity index (χ2v) is 6.98. The van der Waals surface area contributed by atoms with Gasteiger partial charge in [-0.15, -0.1) is 0 Å². The van der Waals surface area contributed by atoms with Crippen LogP contribution in [0.2, 0.25) is 0 Å². The zero-order valence-corrected chi connectivity index (χ0v) is 17.1. The number of hydrogen-bond acceptors (Lipinski definition) is 1. The van der Waals surface area contributed by atoms with Gasteiger partial charge in [0.2, 0.25) is 0 Å². The summed E-state index contributed by atoms with van der Waals surface area (Å²) >= 11 is 0. The largest absolute Gasteiger partial charge is 0.325 e. The molecule has 0 aliphatic heterocycles. The highest BCUT2D eigenvalue weighted by molar-refractivity contribution is 5.74. The first kappa shape index (κ1) is 26.5. The molecule has 0 unspecified atom stereocenters. The van der Waals surface area contributed by atoms with Crippen LogP contribution in [0.1, 0.15) is 112 Å². The molecule has 0 aliphatic carbocycles. The van der Waals surface area contributed by atoms with Crippen LogP contribution in [0.4, 0.5) is 4.79 Å². The van der Waals surface area contributed by atoms with Crippen LogP contribution in [0.5, 0.6) is 0 Å². The van der Waals surface area contributed by atoms with Crippen molar-refractivity contribution in [2.75, 3.05) is 26.2 Å². The van der Waals surface area contributed by atoms with E-state index in [-0.39, 0.29) is 13.5 Å². The van der Waals surface area contributed by atoms with Gasteiger partial charge in [0, 0.05) is 26.2 Å².